The molecule has 0 saturated heterocycles. The summed E-state index contributed by atoms with van der Waals surface area (Å²) in [5.74, 6) is 0.165. The number of halogens is 1. The highest BCUT2D eigenvalue weighted by atomic mass is 35.5. The van der Waals surface area contributed by atoms with Gasteiger partial charge < -0.3 is 19.9 Å². The fourth-order valence-corrected chi connectivity index (χ4v) is 2.80. The number of benzene rings is 2. The SMILES string of the molecule is CC(C)(C)OC(=O)N[C@H](C(=O)NCc1nc(-c2ccc(Cl)cc2)no1)c1ccccc1. The Morgan fingerprint density at radius 1 is 1.10 bits per heavy atom. The minimum absolute atomic E-state index is 0.00124. The number of amides is 2. The van der Waals surface area contributed by atoms with Crippen molar-refractivity contribution in [1.82, 2.24) is 20.8 Å². The van der Waals surface area contributed by atoms with E-state index >= 15 is 0 Å². The molecule has 0 spiro atoms. The van der Waals surface area contributed by atoms with E-state index in [0.717, 1.165) is 5.56 Å². The molecule has 0 radical (unpaired) electrons. The Bertz CT molecular complexity index is 1030. The average molecular weight is 443 g/mol. The second kappa shape index (κ2) is 9.61. The minimum Gasteiger partial charge on any atom is -0.444 e. The number of ether oxygens (including phenoxy) is 1. The molecular weight excluding hydrogens is 420 g/mol. The topological polar surface area (TPSA) is 106 Å². The molecule has 0 saturated carbocycles. The average Bonchev–Trinajstić information content (AvgIpc) is 3.19. The summed E-state index contributed by atoms with van der Waals surface area (Å²) in [6.07, 6.45) is -0.695. The first-order chi connectivity index (χ1) is 14.7. The molecule has 1 atom stereocenters. The van der Waals surface area contributed by atoms with Crippen LogP contribution in [0.25, 0.3) is 11.4 Å². The summed E-state index contributed by atoms with van der Waals surface area (Å²) < 4.78 is 10.5. The zero-order chi connectivity index (χ0) is 22.4. The van der Waals surface area contributed by atoms with Crippen molar-refractivity contribution in [3.05, 3.63) is 71.1 Å². The second-order valence-corrected chi connectivity index (χ2v) is 8.16. The van der Waals surface area contributed by atoms with Crippen LogP contribution in [-0.4, -0.2) is 27.7 Å². The van der Waals surface area contributed by atoms with Gasteiger partial charge in [0.05, 0.1) is 6.54 Å². The van der Waals surface area contributed by atoms with Crippen molar-refractivity contribution in [3.63, 3.8) is 0 Å². The number of hydrogen-bond acceptors (Lipinski definition) is 6. The highest BCUT2D eigenvalue weighted by Gasteiger charge is 2.26. The van der Waals surface area contributed by atoms with E-state index in [1.807, 2.05) is 6.07 Å². The van der Waals surface area contributed by atoms with Crippen molar-refractivity contribution >= 4 is 23.6 Å². The lowest BCUT2D eigenvalue weighted by molar-refractivity contribution is -0.123. The zero-order valence-corrected chi connectivity index (χ0v) is 18.1. The summed E-state index contributed by atoms with van der Waals surface area (Å²) in [6, 6.07) is 14.9. The number of carbonyl (C=O) groups excluding carboxylic acids is 2. The summed E-state index contributed by atoms with van der Waals surface area (Å²) in [7, 11) is 0. The third-order valence-electron chi connectivity index (χ3n) is 4.04. The molecule has 0 bridgehead atoms. The Morgan fingerprint density at radius 2 is 1.77 bits per heavy atom. The molecule has 31 heavy (non-hydrogen) atoms. The molecule has 0 aliphatic heterocycles. The Hall–Kier alpha value is -3.39. The molecule has 1 heterocycles. The molecule has 0 fully saturated rings. The molecule has 2 amide bonds. The number of hydrogen-bond donors (Lipinski definition) is 2. The first-order valence-electron chi connectivity index (χ1n) is 9.62. The quantitative estimate of drug-likeness (QED) is 0.590. The summed E-state index contributed by atoms with van der Waals surface area (Å²) in [4.78, 5) is 29.4. The van der Waals surface area contributed by atoms with Crippen LogP contribution >= 0.6 is 11.6 Å². The van der Waals surface area contributed by atoms with Crippen LogP contribution in [0, 0.1) is 0 Å². The number of aromatic nitrogens is 2. The van der Waals surface area contributed by atoms with Crippen molar-refractivity contribution in [2.45, 2.75) is 39.0 Å². The van der Waals surface area contributed by atoms with Crippen LogP contribution in [0.5, 0.6) is 0 Å². The largest absolute Gasteiger partial charge is 0.444 e. The van der Waals surface area contributed by atoms with Crippen molar-refractivity contribution in [2.24, 2.45) is 0 Å². The number of rotatable bonds is 6. The molecule has 2 aromatic carbocycles. The highest BCUT2D eigenvalue weighted by molar-refractivity contribution is 6.30. The van der Waals surface area contributed by atoms with E-state index in [9.17, 15) is 9.59 Å². The lowest BCUT2D eigenvalue weighted by Gasteiger charge is -2.23. The molecule has 1 aromatic heterocycles. The van der Waals surface area contributed by atoms with Crippen LogP contribution < -0.4 is 10.6 Å². The van der Waals surface area contributed by atoms with Gasteiger partial charge in [0.1, 0.15) is 11.6 Å². The molecule has 9 heteroatoms. The Balaban J connectivity index is 1.68. The van der Waals surface area contributed by atoms with E-state index in [1.165, 1.54) is 0 Å². The van der Waals surface area contributed by atoms with Gasteiger partial charge in [-0.2, -0.15) is 4.98 Å². The predicted octanol–water partition coefficient (Wildman–Crippen LogP) is 4.27. The van der Waals surface area contributed by atoms with E-state index in [1.54, 1.807) is 69.3 Å². The monoisotopic (exact) mass is 442 g/mol. The van der Waals surface area contributed by atoms with Crippen LogP contribution in [0.4, 0.5) is 4.79 Å². The smallest absolute Gasteiger partial charge is 0.408 e. The molecular formula is C22H23ClN4O4. The number of nitrogens with one attached hydrogen (secondary N) is 2. The van der Waals surface area contributed by atoms with Gasteiger partial charge in [-0.05, 0) is 50.6 Å². The van der Waals surface area contributed by atoms with Gasteiger partial charge in [-0.15, -0.1) is 0 Å². The summed E-state index contributed by atoms with van der Waals surface area (Å²) >= 11 is 5.89. The van der Waals surface area contributed by atoms with Crippen molar-refractivity contribution in [2.75, 3.05) is 0 Å². The first kappa shape index (κ1) is 22.3. The highest BCUT2D eigenvalue weighted by Crippen LogP contribution is 2.19. The Kier molecular flexibility index (Phi) is 6.91. The van der Waals surface area contributed by atoms with Crippen LogP contribution in [0.15, 0.2) is 59.1 Å². The van der Waals surface area contributed by atoms with E-state index in [0.29, 0.717) is 16.4 Å². The maximum Gasteiger partial charge on any atom is 0.408 e. The number of carbonyl (C=O) groups is 2. The molecule has 3 aromatic rings. The standard InChI is InChI=1S/C22H23ClN4O4/c1-22(2,3)30-21(29)26-18(14-7-5-4-6-8-14)20(28)24-13-17-25-19(27-31-17)15-9-11-16(23)12-10-15/h4-12,18H,13H2,1-3H3,(H,24,28)(H,26,29)/t18-/m0/s1. The second-order valence-electron chi connectivity index (χ2n) is 7.73. The van der Waals surface area contributed by atoms with Gasteiger partial charge in [-0.25, -0.2) is 4.79 Å². The number of alkyl carbamates (subject to hydrolysis) is 1. The van der Waals surface area contributed by atoms with Crippen LogP contribution in [0.3, 0.4) is 0 Å². The Morgan fingerprint density at radius 3 is 2.42 bits per heavy atom. The molecule has 2 N–H and O–H groups in total. The van der Waals surface area contributed by atoms with Gasteiger partial charge in [-0.3, -0.25) is 4.79 Å². The fourth-order valence-electron chi connectivity index (χ4n) is 2.68. The van der Waals surface area contributed by atoms with E-state index in [2.05, 4.69) is 20.8 Å². The van der Waals surface area contributed by atoms with Crippen LogP contribution in [-0.2, 0) is 16.1 Å². The molecule has 0 unspecified atom stereocenters. The van der Waals surface area contributed by atoms with Gasteiger partial charge in [-0.1, -0.05) is 47.1 Å². The minimum atomic E-state index is -0.949. The molecule has 0 aliphatic carbocycles. The number of nitrogens with zero attached hydrogens (tertiary/aromatic N) is 2. The van der Waals surface area contributed by atoms with Crippen LogP contribution in [0.1, 0.15) is 38.3 Å². The van der Waals surface area contributed by atoms with Crippen molar-refractivity contribution in [3.8, 4) is 11.4 Å². The van der Waals surface area contributed by atoms with Crippen molar-refractivity contribution in [1.29, 1.82) is 0 Å². The zero-order valence-electron chi connectivity index (χ0n) is 17.4. The normalized spacial score (nSPS) is 12.1. The van der Waals surface area contributed by atoms with E-state index < -0.39 is 23.6 Å². The fraction of sp³-hybridized carbons (Fsp3) is 0.273. The third kappa shape index (κ3) is 6.55. The summed E-state index contributed by atoms with van der Waals surface area (Å²) in [5, 5.41) is 9.84. The molecule has 0 aliphatic rings. The predicted molar refractivity (Wildman–Crippen MR) is 115 cm³/mol. The first-order valence-corrected chi connectivity index (χ1v) is 10.00. The lowest BCUT2D eigenvalue weighted by atomic mass is 10.1. The lowest BCUT2D eigenvalue weighted by Crippen LogP contribution is -2.42. The Labute approximate surface area is 184 Å². The summed E-state index contributed by atoms with van der Waals surface area (Å²) in [5.41, 5.74) is 0.654. The molecule has 3 rings (SSSR count). The van der Waals surface area contributed by atoms with Gasteiger partial charge in [0.25, 0.3) is 0 Å². The van der Waals surface area contributed by atoms with Gasteiger partial charge in [0.2, 0.25) is 17.6 Å². The van der Waals surface area contributed by atoms with Gasteiger partial charge >= 0.3 is 6.09 Å². The van der Waals surface area contributed by atoms with Gasteiger partial charge in [0.15, 0.2) is 0 Å². The van der Waals surface area contributed by atoms with Crippen LogP contribution in [0.2, 0.25) is 5.02 Å². The summed E-state index contributed by atoms with van der Waals surface area (Å²) in [6.45, 7) is 5.24. The maximum atomic E-state index is 12.8. The molecule has 8 nitrogen and oxygen atoms in total. The van der Waals surface area contributed by atoms with Crippen molar-refractivity contribution < 1.29 is 18.8 Å². The maximum absolute atomic E-state index is 12.8. The molecule has 162 valence electrons. The van der Waals surface area contributed by atoms with E-state index in [4.69, 9.17) is 20.9 Å². The third-order valence-corrected chi connectivity index (χ3v) is 4.29. The van der Waals surface area contributed by atoms with Gasteiger partial charge in [0, 0.05) is 10.6 Å². The van der Waals surface area contributed by atoms with E-state index in [-0.39, 0.29) is 12.4 Å².